The molecule has 0 saturated heterocycles. The van der Waals surface area contributed by atoms with Gasteiger partial charge in [0.05, 0.1) is 6.42 Å². The summed E-state index contributed by atoms with van der Waals surface area (Å²) in [5.41, 5.74) is 0.672. The number of benzene rings is 1. The second kappa shape index (κ2) is 8.38. The van der Waals surface area contributed by atoms with Crippen LogP contribution in [0.15, 0.2) is 24.3 Å². The lowest BCUT2D eigenvalue weighted by atomic mass is 10.0. The van der Waals surface area contributed by atoms with Crippen LogP contribution in [0.25, 0.3) is 0 Å². The number of likely N-dealkylation sites (N-methyl/N-ethyl adjacent to an activating group) is 1. The van der Waals surface area contributed by atoms with Crippen LogP contribution in [-0.4, -0.2) is 46.0 Å². The Labute approximate surface area is 132 Å². The number of rotatable bonds is 7. The van der Waals surface area contributed by atoms with Crippen molar-refractivity contribution in [1.29, 1.82) is 5.26 Å². The summed E-state index contributed by atoms with van der Waals surface area (Å²) >= 11 is 0. The Bertz CT molecular complexity index is 621. The molecule has 2 amide bonds. The topological polar surface area (TPSA) is 131 Å². The minimum absolute atomic E-state index is 0.0660. The SMILES string of the molecule is CN(C#N)C(=O)C(Cc1ccc(O)cc1)NC(=O)CCC(=O)O. The largest absolute Gasteiger partial charge is 0.508 e. The van der Waals surface area contributed by atoms with Crippen molar-refractivity contribution in [1.82, 2.24) is 10.2 Å². The Balaban J connectivity index is 2.82. The predicted molar refractivity (Wildman–Crippen MR) is 79.0 cm³/mol. The zero-order valence-corrected chi connectivity index (χ0v) is 12.5. The fraction of sp³-hybridized carbons (Fsp3) is 0.333. The average Bonchev–Trinajstić information content (AvgIpc) is 2.52. The molecule has 122 valence electrons. The van der Waals surface area contributed by atoms with E-state index in [2.05, 4.69) is 5.32 Å². The van der Waals surface area contributed by atoms with Crippen molar-refractivity contribution in [3.8, 4) is 11.9 Å². The van der Waals surface area contributed by atoms with Crippen molar-refractivity contribution in [2.24, 2.45) is 0 Å². The number of nitrogens with one attached hydrogen (secondary N) is 1. The van der Waals surface area contributed by atoms with E-state index in [-0.39, 0.29) is 25.0 Å². The molecule has 8 nitrogen and oxygen atoms in total. The number of hydrogen-bond donors (Lipinski definition) is 3. The maximum absolute atomic E-state index is 12.1. The normalized spacial score (nSPS) is 11.1. The molecule has 0 aliphatic heterocycles. The number of carboxylic acids is 1. The molecule has 1 aromatic rings. The van der Waals surface area contributed by atoms with Gasteiger partial charge in [-0.2, -0.15) is 5.26 Å². The van der Waals surface area contributed by atoms with Crippen molar-refractivity contribution < 1.29 is 24.6 Å². The lowest BCUT2D eigenvalue weighted by molar-refractivity contribution is -0.139. The van der Waals surface area contributed by atoms with E-state index >= 15 is 0 Å². The van der Waals surface area contributed by atoms with E-state index in [0.29, 0.717) is 5.56 Å². The van der Waals surface area contributed by atoms with Gasteiger partial charge in [-0.15, -0.1) is 0 Å². The van der Waals surface area contributed by atoms with Crippen molar-refractivity contribution in [3.63, 3.8) is 0 Å². The number of aliphatic carboxylic acids is 1. The van der Waals surface area contributed by atoms with Crippen LogP contribution in [0.4, 0.5) is 0 Å². The zero-order valence-electron chi connectivity index (χ0n) is 12.5. The fourth-order valence-corrected chi connectivity index (χ4v) is 1.84. The monoisotopic (exact) mass is 319 g/mol. The smallest absolute Gasteiger partial charge is 0.303 e. The van der Waals surface area contributed by atoms with Gasteiger partial charge in [0.2, 0.25) is 5.91 Å². The van der Waals surface area contributed by atoms with Gasteiger partial charge in [0.1, 0.15) is 11.8 Å². The summed E-state index contributed by atoms with van der Waals surface area (Å²) in [4.78, 5) is 35.2. The van der Waals surface area contributed by atoms with E-state index in [1.54, 1.807) is 18.3 Å². The molecule has 8 heteroatoms. The van der Waals surface area contributed by atoms with Crippen LogP contribution in [-0.2, 0) is 20.8 Å². The lowest BCUT2D eigenvalue weighted by Gasteiger charge is -2.20. The van der Waals surface area contributed by atoms with Gasteiger partial charge in [0.25, 0.3) is 5.91 Å². The molecule has 0 spiro atoms. The molecule has 23 heavy (non-hydrogen) atoms. The van der Waals surface area contributed by atoms with E-state index in [1.807, 2.05) is 0 Å². The van der Waals surface area contributed by atoms with Crippen LogP contribution in [0.2, 0.25) is 0 Å². The molecule has 3 N–H and O–H groups in total. The van der Waals surface area contributed by atoms with Crippen molar-refractivity contribution in [3.05, 3.63) is 29.8 Å². The number of phenols is 1. The summed E-state index contributed by atoms with van der Waals surface area (Å²) in [7, 11) is 1.27. The quantitative estimate of drug-likeness (QED) is 0.487. The van der Waals surface area contributed by atoms with Gasteiger partial charge in [0, 0.05) is 19.9 Å². The fourth-order valence-electron chi connectivity index (χ4n) is 1.84. The van der Waals surface area contributed by atoms with Crippen LogP contribution >= 0.6 is 0 Å². The number of carbonyl (C=O) groups is 3. The number of carboxylic acid groups (broad SMARTS) is 1. The molecular formula is C15H17N3O5. The molecular weight excluding hydrogens is 302 g/mol. The van der Waals surface area contributed by atoms with Gasteiger partial charge < -0.3 is 15.5 Å². The minimum Gasteiger partial charge on any atom is -0.508 e. The van der Waals surface area contributed by atoms with Crippen LogP contribution in [0.3, 0.4) is 0 Å². The summed E-state index contributed by atoms with van der Waals surface area (Å²) in [5, 5.41) is 29.1. The first kappa shape index (κ1) is 18.0. The number of nitriles is 1. The summed E-state index contributed by atoms with van der Waals surface area (Å²) in [5.74, 6) is -2.24. The van der Waals surface area contributed by atoms with E-state index in [1.165, 1.54) is 19.2 Å². The second-order valence-corrected chi connectivity index (χ2v) is 4.88. The standard InChI is InChI=1S/C15H17N3O5/c1-18(9-16)15(23)12(17-13(20)6-7-14(21)22)8-10-2-4-11(19)5-3-10/h2-5,12,19H,6-8H2,1H3,(H,17,20)(H,21,22). The molecule has 0 aliphatic carbocycles. The highest BCUT2D eigenvalue weighted by Gasteiger charge is 2.24. The summed E-state index contributed by atoms with van der Waals surface area (Å²) in [6.07, 6.45) is 1.17. The Hall–Kier alpha value is -3.08. The number of phenolic OH excluding ortho intramolecular Hbond substituents is 1. The van der Waals surface area contributed by atoms with Crippen molar-refractivity contribution >= 4 is 17.8 Å². The highest BCUT2D eigenvalue weighted by atomic mass is 16.4. The van der Waals surface area contributed by atoms with Gasteiger partial charge in [-0.05, 0) is 17.7 Å². The van der Waals surface area contributed by atoms with E-state index < -0.39 is 23.8 Å². The first-order valence-electron chi connectivity index (χ1n) is 6.80. The molecule has 0 heterocycles. The molecule has 0 aromatic heterocycles. The van der Waals surface area contributed by atoms with Gasteiger partial charge in [-0.3, -0.25) is 19.3 Å². The summed E-state index contributed by atoms with van der Waals surface area (Å²) in [6.45, 7) is 0. The maximum Gasteiger partial charge on any atom is 0.303 e. The summed E-state index contributed by atoms with van der Waals surface area (Å²) in [6, 6.07) is 5.07. The van der Waals surface area contributed by atoms with Gasteiger partial charge in [-0.1, -0.05) is 12.1 Å². The highest BCUT2D eigenvalue weighted by Crippen LogP contribution is 2.12. The van der Waals surface area contributed by atoms with E-state index in [9.17, 15) is 19.5 Å². The molecule has 0 radical (unpaired) electrons. The van der Waals surface area contributed by atoms with Crippen molar-refractivity contribution in [2.45, 2.75) is 25.3 Å². The first-order valence-corrected chi connectivity index (χ1v) is 6.80. The minimum atomic E-state index is -1.12. The van der Waals surface area contributed by atoms with Gasteiger partial charge in [0.15, 0.2) is 6.19 Å². The Morgan fingerprint density at radius 2 is 1.87 bits per heavy atom. The predicted octanol–water partition coefficient (Wildman–Crippen LogP) is 0.224. The highest BCUT2D eigenvalue weighted by molar-refractivity contribution is 5.89. The second-order valence-electron chi connectivity index (χ2n) is 4.88. The van der Waals surface area contributed by atoms with Gasteiger partial charge in [-0.25, -0.2) is 0 Å². The number of aromatic hydroxyl groups is 1. The average molecular weight is 319 g/mol. The van der Waals surface area contributed by atoms with Crippen LogP contribution in [0.5, 0.6) is 5.75 Å². The third-order valence-electron chi connectivity index (χ3n) is 3.06. The number of hydrogen-bond acceptors (Lipinski definition) is 5. The molecule has 0 fully saturated rings. The molecule has 1 aromatic carbocycles. The van der Waals surface area contributed by atoms with Crippen LogP contribution in [0, 0.1) is 11.5 Å². The van der Waals surface area contributed by atoms with E-state index in [0.717, 1.165) is 4.90 Å². The Morgan fingerprint density at radius 1 is 1.26 bits per heavy atom. The number of nitrogens with zero attached hydrogens (tertiary/aromatic N) is 2. The maximum atomic E-state index is 12.1. The van der Waals surface area contributed by atoms with Gasteiger partial charge >= 0.3 is 5.97 Å². The molecule has 1 rings (SSSR count). The Morgan fingerprint density at radius 3 is 2.39 bits per heavy atom. The molecule has 1 unspecified atom stereocenters. The summed E-state index contributed by atoms with van der Waals surface area (Å²) < 4.78 is 0. The van der Waals surface area contributed by atoms with Crippen LogP contribution in [0.1, 0.15) is 18.4 Å². The molecule has 0 saturated carbocycles. The van der Waals surface area contributed by atoms with Crippen molar-refractivity contribution in [2.75, 3.05) is 7.05 Å². The number of amides is 2. The molecule has 0 bridgehead atoms. The lowest BCUT2D eigenvalue weighted by Crippen LogP contribution is -2.47. The number of carbonyl (C=O) groups excluding carboxylic acids is 2. The third-order valence-corrected chi connectivity index (χ3v) is 3.06. The zero-order chi connectivity index (χ0) is 17.4. The Kier molecular flexibility index (Phi) is 6.55. The molecule has 1 atom stereocenters. The van der Waals surface area contributed by atoms with E-state index in [4.69, 9.17) is 10.4 Å². The molecule has 0 aliphatic rings. The van der Waals surface area contributed by atoms with Crippen LogP contribution < -0.4 is 5.32 Å². The third kappa shape index (κ3) is 6.05. The first-order chi connectivity index (χ1) is 10.8.